The summed E-state index contributed by atoms with van der Waals surface area (Å²) in [5, 5.41) is 3.65. The zero-order valence-corrected chi connectivity index (χ0v) is 19.5. The summed E-state index contributed by atoms with van der Waals surface area (Å²) in [5.41, 5.74) is 4.73. The van der Waals surface area contributed by atoms with Crippen molar-refractivity contribution in [3.63, 3.8) is 0 Å². The molecular formula is C26H25FN4OS. The van der Waals surface area contributed by atoms with E-state index in [4.69, 9.17) is 0 Å². The van der Waals surface area contributed by atoms with Gasteiger partial charge in [-0.3, -0.25) is 4.79 Å². The quantitative estimate of drug-likeness (QED) is 0.216. The number of hydrogen-bond donors (Lipinski definition) is 3. The molecule has 0 amide bonds. The van der Waals surface area contributed by atoms with Gasteiger partial charge in [-0.05, 0) is 84.6 Å². The number of benzene rings is 2. The highest BCUT2D eigenvalue weighted by atomic mass is 32.2. The predicted octanol–water partition coefficient (Wildman–Crippen LogP) is 6.19. The van der Waals surface area contributed by atoms with Gasteiger partial charge in [0.25, 0.3) is 0 Å². The molecular weight excluding hydrogens is 435 g/mol. The van der Waals surface area contributed by atoms with Gasteiger partial charge in [0.2, 0.25) is 0 Å². The molecule has 2 aromatic carbocycles. The Balaban J connectivity index is 1.62. The van der Waals surface area contributed by atoms with Gasteiger partial charge in [-0.25, -0.2) is 9.37 Å². The lowest BCUT2D eigenvalue weighted by molar-refractivity contribution is 0.103. The number of aryl methyl sites for hydroxylation is 1. The first kappa shape index (κ1) is 22.6. The summed E-state index contributed by atoms with van der Waals surface area (Å²) in [7, 11) is 1.82. The van der Waals surface area contributed by atoms with Crippen molar-refractivity contribution in [2.75, 3.05) is 11.8 Å². The van der Waals surface area contributed by atoms with Crippen LogP contribution in [0.2, 0.25) is 0 Å². The molecule has 2 aromatic heterocycles. The normalized spacial score (nSPS) is 11.6. The first-order chi connectivity index (χ1) is 16.0. The van der Waals surface area contributed by atoms with Crippen molar-refractivity contribution in [2.45, 2.75) is 25.2 Å². The standard InChI is InChI=1S/C26H25FN4OS/c1-4-17-6-5-7-20(10-17)33-31-19-8-9-24(27)22(12-19)25(32)23-15-30-26-21(23)11-18(14-29-26)16(2)13-28-3/h5-15,28,31H,4H2,1-3H3,(H,29,30)/b16-13+. The number of fused-ring (bicyclic) bond motifs is 1. The van der Waals surface area contributed by atoms with Gasteiger partial charge in [-0.15, -0.1) is 0 Å². The fourth-order valence-electron chi connectivity index (χ4n) is 3.56. The molecule has 7 heteroatoms. The van der Waals surface area contributed by atoms with Crippen LogP contribution in [0, 0.1) is 5.82 Å². The summed E-state index contributed by atoms with van der Waals surface area (Å²) in [6.07, 6.45) is 6.15. The van der Waals surface area contributed by atoms with E-state index in [1.807, 2.05) is 38.4 Å². The van der Waals surface area contributed by atoms with Gasteiger partial charge >= 0.3 is 0 Å². The lowest BCUT2D eigenvalue weighted by Gasteiger charge is -2.09. The topological polar surface area (TPSA) is 69.8 Å². The van der Waals surface area contributed by atoms with Gasteiger partial charge in [0.1, 0.15) is 11.5 Å². The van der Waals surface area contributed by atoms with E-state index >= 15 is 0 Å². The molecule has 4 rings (SSSR count). The molecule has 0 unspecified atom stereocenters. The largest absolute Gasteiger partial charge is 0.394 e. The van der Waals surface area contributed by atoms with Gasteiger partial charge in [0, 0.05) is 41.0 Å². The number of ketones is 1. The number of nitrogens with one attached hydrogen (secondary N) is 3. The van der Waals surface area contributed by atoms with Gasteiger partial charge in [0.05, 0.1) is 5.56 Å². The second-order valence-electron chi connectivity index (χ2n) is 7.67. The second kappa shape index (κ2) is 9.92. The summed E-state index contributed by atoms with van der Waals surface area (Å²) < 4.78 is 17.9. The van der Waals surface area contributed by atoms with Crippen LogP contribution in [0.25, 0.3) is 16.6 Å². The summed E-state index contributed by atoms with van der Waals surface area (Å²) in [6.45, 7) is 4.06. The van der Waals surface area contributed by atoms with Gasteiger partial charge in [0.15, 0.2) is 5.78 Å². The number of rotatable bonds is 8. The molecule has 3 N–H and O–H groups in total. The van der Waals surface area contributed by atoms with Crippen LogP contribution in [0.1, 0.15) is 40.9 Å². The van der Waals surface area contributed by atoms with E-state index in [0.29, 0.717) is 22.3 Å². The van der Waals surface area contributed by atoms with Crippen molar-refractivity contribution < 1.29 is 9.18 Å². The molecule has 0 spiro atoms. The number of aromatic nitrogens is 2. The number of halogens is 1. The minimum Gasteiger partial charge on any atom is -0.394 e. The number of anilines is 1. The Morgan fingerprint density at radius 3 is 2.82 bits per heavy atom. The van der Waals surface area contributed by atoms with Gasteiger partial charge in [-0.2, -0.15) is 0 Å². The maximum absolute atomic E-state index is 14.7. The summed E-state index contributed by atoms with van der Waals surface area (Å²) in [6, 6.07) is 14.6. The molecule has 2 heterocycles. The van der Waals surface area contributed by atoms with Crippen LogP contribution in [0.4, 0.5) is 10.1 Å². The Hall–Kier alpha value is -3.58. The number of H-pyrrole nitrogens is 1. The fraction of sp³-hybridized carbons (Fsp3) is 0.154. The Kier molecular flexibility index (Phi) is 6.79. The second-order valence-corrected chi connectivity index (χ2v) is 8.55. The summed E-state index contributed by atoms with van der Waals surface area (Å²) in [4.78, 5) is 21.8. The third kappa shape index (κ3) is 4.93. The zero-order chi connectivity index (χ0) is 23.4. The molecule has 0 radical (unpaired) electrons. The van der Waals surface area contributed by atoms with Crippen LogP contribution in [0.3, 0.4) is 0 Å². The van der Waals surface area contributed by atoms with Crippen LogP contribution in [-0.2, 0) is 6.42 Å². The third-order valence-corrected chi connectivity index (χ3v) is 6.22. The molecule has 0 aliphatic carbocycles. The molecule has 0 saturated carbocycles. The number of aromatic amines is 1. The smallest absolute Gasteiger partial charge is 0.198 e. The average Bonchev–Trinajstić information content (AvgIpc) is 3.26. The molecule has 0 bridgehead atoms. The highest BCUT2D eigenvalue weighted by Crippen LogP contribution is 2.28. The zero-order valence-electron chi connectivity index (χ0n) is 18.7. The van der Waals surface area contributed by atoms with Crippen molar-refractivity contribution in [2.24, 2.45) is 0 Å². The number of carbonyl (C=O) groups excluding carboxylic acids is 1. The lowest BCUT2D eigenvalue weighted by atomic mass is 10.0. The Labute approximate surface area is 196 Å². The molecule has 0 atom stereocenters. The van der Waals surface area contributed by atoms with E-state index in [-0.39, 0.29) is 5.56 Å². The molecule has 0 fully saturated rings. The number of pyridine rings is 1. The first-order valence-corrected chi connectivity index (χ1v) is 11.5. The number of hydrogen-bond acceptors (Lipinski definition) is 5. The van der Waals surface area contributed by atoms with E-state index in [1.165, 1.54) is 23.6 Å². The SMILES string of the molecule is CCc1cccc(SNc2ccc(F)c(C(=O)c3c[nH]c4ncc(/C(C)=C/NC)cc34)c2)c1. The van der Waals surface area contributed by atoms with Crippen LogP contribution in [0.15, 0.2) is 72.0 Å². The number of carbonyl (C=O) groups is 1. The molecule has 0 aliphatic rings. The van der Waals surface area contributed by atoms with Crippen molar-refractivity contribution >= 4 is 40.0 Å². The maximum Gasteiger partial charge on any atom is 0.198 e. The van der Waals surface area contributed by atoms with Crippen LogP contribution >= 0.6 is 11.9 Å². The number of allylic oxidation sites excluding steroid dienone is 1. The minimum absolute atomic E-state index is 0.0108. The minimum atomic E-state index is -0.562. The lowest BCUT2D eigenvalue weighted by Crippen LogP contribution is -2.05. The van der Waals surface area contributed by atoms with Crippen LogP contribution in [-0.4, -0.2) is 22.8 Å². The highest BCUT2D eigenvalue weighted by molar-refractivity contribution is 8.00. The molecule has 0 aliphatic heterocycles. The van der Waals surface area contributed by atoms with Crippen molar-refractivity contribution in [1.29, 1.82) is 0 Å². The average molecular weight is 461 g/mol. The monoisotopic (exact) mass is 460 g/mol. The maximum atomic E-state index is 14.7. The van der Waals surface area contributed by atoms with Gasteiger partial charge in [-0.1, -0.05) is 19.1 Å². The number of nitrogens with zero attached hydrogens (tertiary/aromatic N) is 1. The predicted molar refractivity (Wildman–Crippen MR) is 134 cm³/mol. The first-order valence-electron chi connectivity index (χ1n) is 10.7. The van der Waals surface area contributed by atoms with Crippen molar-refractivity contribution in [3.05, 3.63) is 95.2 Å². The molecule has 0 saturated heterocycles. The third-order valence-electron chi connectivity index (χ3n) is 5.40. The Morgan fingerprint density at radius 2 is 2.03 bits per heavy atom. The summed E-state index contributed by atoms with van der Waals surface area (Å²) >= 11 is 1.43. The van der Waals surface area contributed by atoms with E-state index in [0.717, 1.165) is 22.5 Å². The van der Waals surface area contributed by atoms with Gasteiger partial charge < -0.3 is 15.0 Å². The van der Waals surface area contributed by atoms with E-state index in [2.05, 4.69) is 39.1 Å². The fourth-order valence-corrected chi connectivity index (χ4v) is 4.28. The Morgan fingerprint density at radius 1 is 1.18 bits per heavy atom. The van der Waals surface area contributed by atoms with E-state index in [9.17, 15) is 9.18 Å². The van der Waals surface area contributed by atoms with Crippen molar-refractivity contribution in [3.8, 4) is 0 Å². The molecule has 5 nitrogen and oxygen atoms in total. The van der Waals surface area contributed by atoms with Crippen LogP contribution in [0.5, 0.6) is 0 Å². The van der Waals surface area contributed by atoms with E-state index in [1.54, 1.807) is 24.5 Å². The molecule has 168 valence electrons. The summed E-state index contributed by atoms with van der Waals surface area (Å²) in [5.74, 6) is -0.956. The van der Waals surface area contributed by atoms with E-state index < -0.39 is 11.6 Å². The highest BCUT2D eigenvalue weighted by Gasteiger charge is 2.19. The van der Waals surface area contributed by atoms with Crippen LogP contribution < -0.4 is 10.0 Å². The Bertz CT molecular complexity index is 1350. The molecule has 4 aromatic rings. The van der Waals surface area contributed by atoms with Crippen molar-refractivity contribution in [1.82, 2.24) is 15.3 Å². The molecule has 33 heavy (non-hydrogen) atoms.